The van der Waals surface area contributed by atoms with Gasteiger partial charge in [0, 0.05) is 6.42 Å². The Morgan fingerprint density at radius 3 is 2.85 bits per heavy atom. The van der Waals surface area contributed by atoms with Gasteiger partial charge in [-0.05, 0) is 16.3 Å². The Labute approximate surface area is 116 Å². The van der Waals surface area contributed by atoms with Gasteiger partial charge in [-0.25, -0.2) is 9.78 Å². The van der Waals surface area contributed by atoms with Crippen LogP contribution in [0.15, 0.2) is 53.1 Å². The maximum absolute atomic E-state index is 11.3. The Morgan fingerprint density at radius 2 is 2.00 bits per heavy atom. The van der Waals surface area contributed by atoms with E-state index in [1.807, 2.05) is 24.3 Å². The van der Waals surface area contributed by atoms with Crippen molar-refractivity contribution in [2.75, 3.05) is 7.11 Å². The summed E-state index contributed by atoms with van der Waals surface area (Å²) in [6.07, 6.45) is 1.87. The largest absolute Gasteiger partial charge is 0.464 e. The molecule has 100 valence electrons. The van der Waals surface area contributed by atoms with E-state index in [1.165, 1.54) is 18.8 Å². The molecule has 0 fully saturated rings. The minimum atomic E-state index is -0.488. The fourth-order valence-corrected chi connectivity index (χ4v) is 2.20. The molecule has 0 aliphatic rings. The first-order valence-electron chi connectivity index (χ1n) is 6.27. The highest BCUT2D eigenvalue weighted by Crippen LogP contribution is 2.21. The minimum absolute atomic E-state index is 0.197. The van der Waals surface area contributed by atoms with E-state index in [1.54, 1.807) is 0 Å². The standard InChI is InChI=1S/C16H13NO3/c1-19-16(18)14-10-20-15(17-14)9-12-7-4-6-11-5-2-3-8-13(11)12/h2-8,10H,9H2,1H3. The third kappa shape index (κ3) is 2.28. The van der Waals surface area contributed by atoms with Gasteiger partial charge in [-0.3, -0.25) is 0 Å². The lowest BCUT2D eigenvalue weighted by molar-refractivity contribution is 0.0594. The van der Waals surface area contributed by atoms with Crippen LogP contribution in [0.25, 0.3) is 10.8 Å². The van der Waals surface area contributed by atoms with Crippen LogP contribution in [0, 0.1) is 0 Å². The van der Waals surface area contributed by atoms with Crippen molar-refractivity contribution in [3.05, 3.63) is 65.9 Å². The molecule has 0 aliphatic heterocycles. The van der Waals surface area contributed by atoms with E-state index in [0.29, 0.717) is 12.3 Å². The summed E-state index contributed by atoms with van der Waals surface area (Å²) in [4.78, 5) is 15.5. The summed E-state index contributed by atoms with van der Waals surface area (Å²) in [6.45, 7) is 0. The highest BCUT2D eigenvalue weighted by molar-refractivity contribution is 5.87. The molecule has 0 radical (unpaired) electrons. The quantitative estimate of drug-likeness (QED) is 0.684. The molecule has 20 heavy (non-hydrogen) atoms. The molecule has 3 rings (SSSR count). The Kier molecular flexibility index (Phi) is 3.21. The zero-order valence-corrected chi connectivity index (χ0v) is 11.0. The van der Waals surface area contributed by atoms with Crippen molar-refractivity contribution < 1.29 is 13.9 Å². The number of carbonyl (C=O) groups is 1. The van der Waals surface area contributed by atoms with Gasteiger partial charge in [0.2, 0.25) is 0 Å². The normalized spacial score (nSPS) is 10.7. The molecule has 0 N–H and O–H groups in total. The Balaban J connectivity index is 1.93. The van der Waals surface area contributed by atoms with Crippen molar-refractivity contribution in [3.8, 4) is 0 Å². The van der Waals surface area contributed by atoms with E-state index in [-0.39, 0.29) is 5.69 Å². The van der Waals surface area contributed by atoms with Crippen molar-refractivity contribution in [1.82, 2.24) is 4.98 Å². The molecule has 3 aromatic rings. The second kappa shape index (κ2) is 5.17. The summed E-state index contributed by atoms with van der Waals surface area (Å²) >= 11 is 0. The number of hydrogen-bond donors (Lipinski definition) is 0. The molecule has 0 aliphatic carbocycles. The van der Waals surface area contributed by atoms with Crippen LogP contribution in [0.2, 0.25) is 0 Å². The smallest absolute Gasteiger partial charge is 0.360 e. The minimum Gasteiger partial charge on any atom is -0.464 e. The number of hydrogen-bond acceptors (Lipinski definition) is 4. The van der Waals surface area contributed by atoms with Crippen LogP contribution >= 0.6 is 0 Å². The topological polar surface area (TPSA) is 52.3 Å². The van der Waals surface area contributed by atoms with Gasteiger partial charge in [0.15, 0.2) is 11.6 Å². The van der Waals surface area contributed by atoms with Gasteiger partial charge >= 0.3 is 5.97 Å². The number of carbonyl (C=O) groups excluding carboxylic acids is 1. The number of esters is 1. The number of aromatic nitrogens is 1. The highest BCUT2D eigenvalue weighted by atomic mass is 16.5. The number of ether oxygens (including phenoxy) is 1. The van der Waals surface area contributed by atoms with Crippen LogP contribution in [-0.2, 0) is 11.2 Å². The highest BCUT2D eigenvalue weighted by Gasteiger charge is 2.13. The van der Waals surface area contributed by atoms with Crippen LogP contribution < -0.4 is 0 Å². The summed E-state index contributed by atoms with van der Waals surface area (Å²) < 4.78 is 9.94. The van der Waals surface area contributed by atoms with Gasteiger partial charge in [0.25, 0.3) is 0 Å². The van der Waals surface area contributed by atoms with E-state index in [4.69, 9.17) is 4.42 Å². The first kappa shape index (κ1) is 12.4. The molecule has 0 bridgehead atoms. The lowest BCUT2D eigenvalue weighted by atomic mass is 10.0. The number of oxazole rings is 1. The molecule has 0 atom stereocenters. The van der Waals surface area contributed by atoms with Crippen LogP contribution in [0.3, 0.4) is 0 Å². The van der Waals surface area contributed by atoms with E-state index in [2.05, 4.69) is 27.9 Å². The molecule has 0 saturated heterocycles. The molecule has 0 amide bonds. The van der Waals surface area contributed by atoms with E-state index >= 15 is 0 Å². The first-order chi connectivity index (χ1) is 9.78. The summed E-state index contributed by atoms with van der Waals surface area (Å²) in [6, 6.07) is 14.2. The van der Waals surface area contributed by atoms with Crippen molar-refractivity contribution >= 4 is 16.7 Å². The van der Waals surface area contributed by atoms with Crippen molar-refractivity contribution in [2.24, 2.45) is 0 Å². The maximum Gasteiger partial charge on any atom is 0.360 e. The average Bonchev–Trinajstić information content (AvgIpc) is 2.95. The van der Waals surface area contributed by atoms with Gasteiger partial charge in [-0.1, -0.05) is 42.5 Å². The number of benzene rings is 2. The monoisotopic (exact) mass is 267 g/mol. The fraction of sp³-hybridized carbons (Fsp3) is 0.125. The van der Waals surface area contributed by atoms with Gasteiger partial charge < -0.3 is 9.15 Å². The number of methoxy groups -OCH3 is 1. The molecule has 1 aromatic heterocycles. The van der Waals surface area contributed by atoms with Gasteiger partial charge in [-0.2, -0.15) is 0 Å². The van der Waals surface area contributed by atoms with E-state index < -0.39 is 5.97 Å². The summed E-state index contributed by atoms with van der Waals surface area (Å²) in [5.41, 5.74) is 1.31. The molecule has 4 heteroatoms. The summed E-state index contributed by atoms with van der Waals surface area (Å²) in [7, 11) is 1.32. The average molecular weight is 267 g/mol. The second-order valence-electron chi connectivity index (χ2n) is 4.43. The Bertz CT molecular complexity index is 756. The van der Waals surface area contributed by atoms with Crippen molar-refractivity contribution in [1.29, 1.82) is 0 Å². The lowest BCUT2D eigenvalue weighted by Gasteiger charge is -2.03. The van der Waals surface area contributed by atoms with Crippen molar-refractivity contribution in [2.45, 2.75) is 6.42 Å². The predicted molar refractivity (Wildman–Crippen MR) is 74.6 cm³/mol. The van der Waals surface area contributed by atoms with Crippen molar-refractivity contribution in [3.63, 3.8) is 0 Å². The van der Waals surface area contributed by atoms with E-state index in [9.17, 15) is 4.79 Å². The van der Waals surface area contributed by atoms with Gasteiger partial charge in [0.05, 0.1) is 7.11 Å². The van der Waals surface area contributed by atoms with E-state index in [0.717, 1.165) is 10.9 Å². The van der Waals surface area contributed by atoms with Crippen LogP contribution in [0.4, 0.5) is 0 Å². The van der Waals surface area contributed by atoms with Crippen LogP contribution in [0.1, 0.15) is 21.9 Å². The molecule has 0 unspecified atom stereocenters. The third-order valence-corrected chi connectivity index (χ3v) is 3.17. The zero-order valence-electron chi connectivity index (χ0n) is 11.0. The Morgan fingerprint density at radius 1 is 1.20 bits per heavy atom. The number of nitrogens with zero attached hydrogens (tertiary/aromatic N) is 1. The maximum atomic E-state index is 11.3. The summed E-state index contributed by atoms with van der Waals surface area (Å²) in [5.74, 6) is 0.0136. The number of fused-ring (bicyclic) bond motifs is 1. The molecule has 0 spiro atoms. The summed E-state index contributed by atoms with van der Waals surface area (Å²) in [5, 5.41) is 2.33. The van der Waals surface area contributed by atoms with Gasteiger partial charge in [-0.15, -0.1) is 0 Å². The fourth-order valence-electron chi connectivity index (χ4n) is 2.20. The predicted octanol–water partition coefficient (Wildman–Crippen LogP) is 3.21. The number of rotatable bonds is 3. The molecule has 2 aromatic carbocycles. The zero-order chi connectivity index (χ0) is 13.9. The SMILES string of the molecule is COC(=O)c1coc(Cc2cccc3ccccc23)n1. The molecule has 0 saturated carbocycles. The first-order valence-corrected chi connectivity index (χ1v) is 6.27. The van der Waals surface area contributed by atoms with Crippen LogP contribution in [0.5, 0.6) is 0 Å². The van der Waals surface area contributed by atoms with Crippen LogP contribution in [-0.4, -0.2) is 18.1 Å². The van der Waals surface area contributed by atoms with Gasteiger partial charge in [0.1, 0.15) is 6.26 Å². The third-order valence-electron chi connectivity index (χ3n) is 3.17. The molecule has 1 heterocycles. The second-order valence-corrected chi connectivity index (χ2v) is 4.43. The molecule has 4 nitrogen and oxygen atoms in total. The lowest BCUT2D eigenvalue weighted by Crippen LogP contribution is -2.01. The molecular formula is C16H13NO3. The molecular weight excluding hydrogens is 254 g/mol. The Hall–Kier alpha value is -2.62.